The van der Waals surface area contributed by atoms with E-state index in [1.54, 1.807) is 21.3 Å². The van der Waals surface area contributed by atoms with Crippen LogP contribution in [0.5, 0.6) is 5.75 Å². The van der Waals surface area contributed by atoms with Crippen LogP contribution in [-0.4, -0.2) is 89.3 Å². The van der Waals surface area contributed by atoms with E-state index in [0.717, 1.165) is 31.1 Å². The van der Waals surface area contributed by atoms with Crippen LogP contribution in [0.2, 0.25) is 0 Å². The molecule has 1 fully saturated rings. The van der Waals surface area contributed by atoms with Gasteiger partial charge in [-0.2, -0.15) is 0 Å². The Morgan fingerprint density at radius 1 is 1.14 bits per heavy atom. The summed E-state index contributed by atoms with van der Waals surface area (Å²) in [7, 11) is 4.93. The minimum Gasteiger partial charge on any atom is -0.495 e. The summed E-state index contributed by atoms with van der Waals surface area (Å²) in [6, 6.07) is 5.61. The van der Waals surface area contributed by atoms with E-state index in [0.29, 0.717) is 31.9 Å². The number of nitrogens with one attached hydrogen (secondary N) is 1. The average molecular weight is 390 g/mol. The molecule has 0 aliphatic carbocycles. The predicted molar refractivity (Wildman–Crippen MR) is 108 cm³/mol. The molecule has 2 aliphatic rings. The first-order chi connectivity index (χ1) is 13.7. The van der Waals surface area contributed by atoms with E-state index in [-0.39, 0.29) is 12.2 Å². The van der Waals surface area contributed by atoms with Gasteiger partial charge in [-0.05, 0) is 18.2 Å². The number of carbonyl (C=O) groups is 1. The van der Waals surface area contributed by atoms with Crippen molar-refractivity contribution in [3.05, 3.63) is 36.0 Å². The number of anilines is 1. The lowest BCUT2D eigenvalue weighted by atomic mass is 10.1. The van der Waals surface area contributed by atoms with Crippen molar-refractivity contribution >= 4 is 11.6 Å². The SMILES string of the molecule is COc1ccc(C(=O)N2CCN(CC(OC)OC)CC2)cc1N1C=CCNC1. The van der Waals surface area contributed by atoms with Gasteiger partial charge >= 0.3 is 0 Å². The predicted octanol–water partition coefficient (Wildman–Crippen LogP) is 0.953. The molecule has 0 radical (unpaired) electrons. The summed E-state index contributed by atoms with van der Waals surface area (Å²) in [5.74, 6) is 0.799. The van der Waals surface area contributed by atoms with Crippen LogP contribution in [0, 0.1) is 0 Å². The van der Waals surface area contributed by atoms with Crippen LogP contribution in [-0.2, 0) is 9.47 Å². The minimum absolute atomic E-state index is 0.0486. The smallest absolute Gasteiger partial charge is 0.254 e. The van der Waals surface area contributed by atoms with Crippen molar-refractivity contribution in [1.29, 1.82) is 0 Å². The normalized spacial score (nSPS) is 18.0. The van der Waals surface area contributed by atoms with Gasteiger partial charge in [0.25, 0.3) is 5.91 Å². The highest BCUT2D eigenvalue weighted by Gasteiger charge is 2.25. The van der Waals surface area contributed by atoms with E-state index < -0.39 is 0 Å². The third kappa shape index (κ3) is 4.82. The Kier molecular flexibility index (Phi) is 7.27. The Hall–Kier alpha value is -2.13. The molecule has 3 rings (SSSR count). The third-order valence-corrected chi connectivity index (χ3v) is 5.16. The van der Waals surface area contributed by atoms with Crippen LogP contribution >= 0.6 is 0 Å². The molecule has 154 valence electrons. The summed E-state index contributed by atoms with van der Waals surface area (Å²) in [5.41, 5.74) is 1.56. The zero-order valence-corrected chi connectivity index (χ0v) is 16.9. The summed E-state index contributed by atoms with van der Waals surface area (Å²) < 4.78 is 16.0. The van der Waals surface area contributed by atoms with Gasteiger partial charge in [0.15, 0.2) is 6.29 Å². The van der Waals surface area contributed by atoms with E-state index >= 15 is 0 Å². The van der Waals surface area contributed by atoms with Crippen LogP contribution in [0.15, 0.2) is 30.5 Å². The van der Waals surface area contributed by atoms with Gasteiger partial charge in [0.2, 0.25) is 0 Å². The van der Waals surface area contributed by atoms with Crippen molar-refractivity contribution in [2.45, 2.75) is 6.29 Å². The van der Waals surface area contributed by atoms with Crippen molar-refractivity contribution in [1.82, 2.24) is 15.1 Å². The first kappa shape index (κ1) is 20.6. The van der Waals surface area contributed by atoms with E-state index in [1.165, 1.54) is 0 Å². The van der Waals surface area contributed by atoms with Crippen LogP contribution < -0.4 is 15.0 Å². The molecule has 0 unspecified atom stereocenters. The number of benzene rings is 1. The lowest BCUT2D eigenvalue weighted by Crippen LogP contribution is -2.50. The Labute approximate surface area is 166 Å². The minimum atomic E-state index is -0.238. The molecule has 8 nitrogen and oxygen atoms in total. The van der Waals surface area contributed by atoms with E-state index in [2.05, 4.69) is 10.2 Å². The summed E-state index contributed by atoms with van der Waals surface area (Å²) in [6.45, 7) is 5.21. The fourth-order valence-electron chi connectivity index (χ4n) is 3.49. The Balaban J connectivity index is 1.66. The largest absolute Gasteiger partial charge is 0.495 e. The number of rotatable bonds is 7. The highest BCUT2D eigenvalue weighted by molar-refractivity contribution is 5.96. The van der Waals surface area contributed by atoms with Crippen molar-refractivity contribution < 1.29 is 19.0 Å². The molecule has 2 aliphatic heterocycles. The molecule has 28 heavy (non-hydrogen) atoms. The molecule has 0 saturated carbocycles. The van der Waals surface area contributed by atoms with Gasteiger partial charge in [0, 0.05) is 65.3 Å². The fraction of sp³-hybridized carbons (Fsp3) is 0.550. The molecule has 1 aromatic carbocycles. The van der Waals surface area contributed by atoms with Crippen molar-refractivity contribution in [3.63, 3.8) is 0 Å². The van der Waals surface area contributed by atoms with Gasteiger partial charge in [0.1, 0.15) is 5.75 Å². The molecule has 1 aromatic rings. The lowest BCUT2D eigenvalue weighted by Gasteiger charge is -2.36. The standard InChI is InChI=1S/C20H30N4O4/c1-26-18-6-5-16(13-17(18)24-8-4-7-21-15-24)20(25)23-11-9-22(10-12-23)14-19(27-2)28-3/h4-6,8,13,19,21H,7,9-12,14-15H2,1-3H3. The first-order valence-corrected chi connectivity index (χ1v) is 9.55. The number of hydrogen-bond donors (Lipinski definition) is 1. The van der Waals surface area contributed by atoms with Gasteiger partial charge in [-0.15, -0.1) is 0 Å². The Bertz CT molecular complexity index is 685. The maximum absolute atomic E-state index is 13.0. The van der Waals surface area contributed by atoms with Crippen molar-refractivity contribution in [2.75, 3.05) is 72.2 Å². The number of nitrogens with zero attached hydrogens (tertiary/aromatic N) is 3. The number of methoxy groups -OCH3 is 3. The van der Waals surface area contributed by atoms with Gasteiger partial charge in [-0.1, -0.05) is 6.08 Å². The maximum atomic E-state index is 13.0. The highest BCUT2D eigenvalue weighted by atomic mass is 16.7. The number of ether oxygens (including phenoxy) is 3. The van der Waals surface area contributed by atoms with E-state index in [4.69, 9.17) is 14.2 Å². The summed E-state index contributed by atoms with van der Waals surface area (Å²) in [5, 5.41) is 3.29. The Morgan fingerprint density at radius 2 is 1.89 bits per heavy atom. The molecule has 0 aromatic heterocycles. The zero-order valence-electron chi connectivity index (χ0n) is 16.9. The van der Waals surface area contributed by atoms with Crippen molar-refractivity contribution in [2.24, 2.45) is 0 Å². The molecule has 1 amide bonds. The second-order valence-electron chi connectivity index (χ2n) is 6.85. The van der Waals surface area contributed by atoms with Gasteiger partial charge in [-0.3, -0.25) is 15.0 Å². The highest BCUT2D eigenvalue weighted by Crippen LogP contribution is 2.30. The summed E-state index contributed by atoms with van der Waals surface area (Å²) >= 11 is 0. The van der Waals surface area contributed by atoms with Crippen LogP contribution in [0.25, 0.3) is 0 Å². The Morgan fingerprint density at radius 3 is 2.50 bits per heavy atom. The molecular weight excluding hydrogens is 360 g/mol. The van der Waals surface area contributed by atoms with E-state index in [1.807, 2.05) is 40.3 Å². The van der Waals surface area contributed by atoms with Crippen LogP contribution in [0.3, 0.4) is 0 Å². The van der Waals surface area contributed by atoms with Crippen molar-refractivity contribution in [3.8, 4) is 5.75 Å². The second kappa shape index (κ2) is 9.88. The first-order valence-electron chi connectivity index (χ1n) is 9.55. The zero-order chi connectivity index (χ0) is 19.9. The number of piperazine rings is 1. The molecule has 1 saturated heterocycles. The number of carbonyl (C=O) groups excluding carboxylic acids is 1. The van der Waals surface area contributed by atoms with Gasteiger partial charge in [-0.25, -0.2) is 0 Å². The average Bonchev–Trinajstić information content (AvgIpc) is 2.77. The monoisotopic (exact) mass is 390 g/mol. The molecule has 2 heterocycles. The second-order valence-corrected chi connectivity index (χ2v) is 6.85. The molecule has 8 heteroatoms. The quantitative estimate of drug-likeness (QED) is 0.696. The van der Waals surface area contributed by atoms with E-state index in [9.17, 15) is 4.79 Å². The topological polar surface area (TPSA) is 66.5 Å². The lowest BCUT2D eigenvalue weighted by molar-refractivity contribution is -0.118. The molecule has 0 atom stereocenters. The van der Waals surface area contributed by atoms with Crippen LogP contribution in [0.4, 0.5) is 5.69 Å². The molecular formula is C20H30N4O4. The molecule has 1 N–H and O–H groups in total. The molecule has 0 bridgehead atoms. The van der Waals surface area contributed by atoms with Gasteiger partial charge < -0.3 is 24.0 Å². The number of amides is 1. The van der Waals surface area contributed by atoms with Crippen LogP contribution in [0.1, 0.15) is 10.4 Å². The fourth-order valence-corrected chi connectivity index (χ4v) is 3.49. The summed E-state index contributed by atoms with van der Waals surface area (Å²) in [6.07, 6.45) is 3.82. The van der Waals surface area contributed by atoms with Gasteiger partial charge in [0.05, 0.1) is 19.5 Å². The maximum Gasteiger partial charge on any atom is 0.254 e. The summed E-state index contributed by atoms with van der Waals surface area (Å²) in [4.78, 5) is 19.2. The molecule has 0 spiro atoms. The number of hydrogen-bond acceptors (Lipinski definition) is 7. The third-order valence-electron chi connectivity index (χ3n) is 5.16.